The van der Waals surface area contributed by atoms with E-state index in [0.29, 0.717) is 0 Å². The molecule has 0 saturated carbocycles. The summed E-state index contributed by atoms with van der Waals surface area (Å²) in [4.78, 5) is 0. The van der Waals surface area contributed by atoms with Crippen LogP contribution in [0, 0.1) is 0 Å². The molecule has 0 bridgehead atoms. The molecular formula is C4H8SSe. The van der Waals surface area contributed by atoms with Gasteiger partial charge in [-0.3, -0.25) is 0 Å². The molecule has 0 spiro atoms. The Balaban J connectivity index is 2.00. The quantitative estimate of drug-likeness (QED) is 0.493. The first-order chi connectivity index (χ1) is 3.00. The molecule has 0 radical (unpaired) electrons. The Morgan fingerprint density at radius 3 is 2.50 bits per heavy atom. The third-order valence-electron chi connectivity index (χ3n) is 0.789. The third kappa shape index (κ3) is 1.55. The standard InChI is InChI=1S/C4H8SSe/c1-2-4-6-5-3-1/h1-4H2. The molecule has 0 nitrogen and oxygen atoms in total. The molecule has 6 heavy (non-hydrogen) atoms. The van der Waals surface area contributed by atoms with Crippen LogP contribution in [0.15, 0.2) is 0 Å². The third-order valence-corrected chi connectivity index (χ3v) is 5.33. The number of rotatable bonds is 0. The fourth-order valence-electron chi connectivity index (χ4n) is 0.440. The van der Waals surface area contributed by atoms with Gasteiger partial charge in [0.15, 0.2) is 0 Å². The van der Waals surface area contributed by atoms with Gasteiger partial charge in [0.2, 0.25) is 0 Å². The van der Waals surface area contributed by atoms with Crippen LogP contribution >= 0.6 is 10.2 Å². The van der Waals surface area contributed by atoms with E-state index < -0.39 is 0 Å². The van der Waals surface area contributed by atoms with Crippen molar-refractivity contribution in [2.45, 2.75) is 18.2 Å². The van der Waals surface area contributed by atoms with Crippen LogP contribution in [0.3, 0.4) is 0 Å². The van der Waals surface area contributed by atoms with Crippen LogP contribution in [-0.4, -0.2) is 19.6 Å². The summed E-state index contributed by atoms with van der Waals surface area (Å²) in [7, 11) is 2.16. The summed E-state index contributed by atoms with van der Waals surface area (Å²) in [6.45, 7) is 0. The van der Waals surface area contributed by atoms with Crippen molar-refractivity contribution in [3.63, 3.8) is 0 Å². The molecule has 0 aromatic rings. The fraction of sp³-hybridized carbons (Fsp3) is 1.00. The van der Waals surface area contributed by atoms with Crippen molar-refractivity contribution in [2.75, 3.05) is 5.75 Å². The predicted octanol–water partition coefficient (Wildman–Crippen LogP) is 1.55. The summed E-state index contributed by atoms with van der Waals surface area (Å²) < 4.78 is 0. The number of hydrogen-bond donors (Lipinski definition) is 0. The molecule has 1 heterocycles. The first kappa shape index (κ1) is 5.02. The van der Waals surface area contributed by atoms with Crippen molar-refractivity contribution in [1.29, 1.82) is 0 Å². The minimum atomic E-state index is 0.970. The molecule has 0 aromatic carbocycles. The van der Waals surface area contributed by atoms with Gasteiger partial charge < -0.3 is 0 Å². The van der Waals surface area contributed by atoms with E-state index in [1.807, 2.05) is 0 Å². The molecule has 0 aliphatic carbocycles. The van der Waals surface area contributed by atoms with E-state index in [2.05, 4.69) is 10.2 Å². The Kier molecular flexibility index (Phi) is 2.47. The van der Waals surface area contributed by atoms with Gasteiger partial charge in [-0.25, -0.2) is 0 Å². The molecule has 36 valence electrons. The number of hydrogen-bond acceptors (Lipinski definition) is 1. The molecule has 1 aliphatic rings. The van der Waals surface area contributed by atoms with E-state index in [0.717, 1.165) is 13.8 Å². The molecule has 1 fully saturated rings. The van der Waals surface area contributed by atoms with Crippen LogP contribution < -0.4 is 0 Å². The topological polar surface area (TPSA) is 0 Å². The van der Waals surface area contributed by atoms with Gasteiger partial charge in [-0.15, -0.1) is 0 Å². The summed E-state index contributed by atoms with van der Waals surface area (Å²) in [6, 6.07) is 0. The average Bonchev–Trinajstić information content (AvgIpc) is 1.72. The van der Waals surface area contributed by atoms with Crippen LogP contribution in [0.5, 0.6) is 0 Å². The van der Waals surface area contributed by atoms with Crippen molar-refractivity contribution < 1.29 is 0 Å². The average molecular weight is 167 g/mol. The van der Waals surface area contributed by atoms with Crippen molar-refractivity contribution >= 4 is 24.0 Å². The SMILES string of the molecule is C1CC[Se]SC1. The molecule has 0 N–H and O–H groups in total. The van der Waals surface area contributed by atoms with Crippen molar-refractivity contribution in [3.05, 3.63) is 0 Å². The van der Waals surface area contributed by atoms with Crippen LogP contribution in [0.25, 0.3) is 0 Å². The van der Waals surface area contributed by atoms with Crippen molar-refractivity contribution in [3.8, 4) is 0 Å². The van der Waals surface area contributed by atoms with Gasteiger partial charge >= 0.3 is 47.9 Å². The van der Waals surface area contributed by atoms with E-state index >= 15 is 0 Å². The molecule has 1 saturated heterocycles. The summed E-state index contributed by atoms with van der Waals surface area (Å²) in [5.74, 6) is 1.44. The normalized spacial score (nSPS) is 24.0. The molecular weight excluding hydrogens is 159 g/mol. The minimum absolute atomic E-state index is 0.970. The van der Waals surface area contributed by atoms with Gasteiger partial charge in [0.1, 0.15) is 0 Å². The van der Waals surface area contributed by atoms with Gasteiger partial charge in [-0.05, 0) is 0 Å². The van der Waals surface area contributed by atoms with Gasteiger partial charge in [-0.1, -0.05) is 0 Å². The molecule has 0 atom stereocenters. The summed E-state index contributed by atoms with van der Waals surface area (Å²) in [5.41, 5.74) is 0. The molecule has 1 aliphatic heterocycles. The predicted molar refractivity (Wildman–Crippen MR) is 32.3 cm³/mol. The Morgan fingerprint density at radius 2 is 2.33 bits per heavy atom. The Bertz CT molecular complexity index is 23.0. The zero-order chi connectivity index (χ0) is 4.24. The van der Waals surface area contributed by atoms with Gasteiger partial charge in [0, 0.05) is 0 Å². The fourth-order valence-corrected chi connectivity index (χ4v) is 4.51. The van der Waals surface area contributed by atoms with Gasteiger partial charge in [-0.2, -0.15) is 0 Å². The maximum absolute atomic E-state index is 2.16. The van der Waals surface area contributed by atoms with E-state index in [-0.39, 0.29) is 0 Å². The first-order valence-electron chi connectivity index (χ1n) is 2.24. The monoisotopic (exact) mass is 168 g/mol. The maximum atomic E-state index is 2.16. The molecule has 1 rings (SSSR count). The van der Waals surface area contributed by atoms with Crippen LogP contribution in [0.4, 0.5) is 0 Å². The second kappa shape index (κ2) is 2.95. The van der Waals surface area contributed by atoms with Crippen molar-refractivity contribution in [1.82, 2.24) is 0 Å². The Morgan fingerprint density at radius 1 is 1.33 bits per heavy atom. The van der Waals surface area contributed by atoms with Crippen molar-refractivity contribution in [2.24, 2.45) is 0 Å². The van der Waals surface area contributed by atoms with Gasteiger partial charge in [0.25, 0.3) is 0 Å². The first-order valence-corrected chi connectivity index (χ1v) is 6.46. The van der Waals surface area contributed by atoms with Crippen LogP contribution in [-0.2, 0) is 0 Å². The Labute approximate surface area is 48.3 Å². The zero-order valence-corrected chi connectivity index (χ0v) is 6.17. The molecule has 2 heteroatoms. The van der Waals surface area contributed by atoms with E-state index in [1.165, 1.54) is 23.9 Å². The summed E-state index contributed by atoms with van der Waals surface area (Å²) >= 11 is 0.970. The summed E-state index contributed by atoms with van der Waals surface area (Å²) in [5, 5.41) is 1.53. The molecule has 0 aromatic heterocycles. The molecule has 0 amide bonds. The summed E-state index contributed by atoms with van der Waals surface area (Å²) in [6.07, 6.45) is 2.99. The van der Waals surface area contributed by atoms with E-state index in [4.69, 9.17) is 0 Å². The second-order valence-electron chi connectivity index (χ2n) is 1.35. The zero-order valence-electron chi connectivity index (χ0n) is 3.64. The Hall–Kier alpha value is 0.869. The molecule has 0 unspecified atom stereocenters. The van der Waals surface area contributed by atoms with Gasteiger partial charge in [0.05, 0.1) is 0 Å². The van der Waals surface area contributed by atoms with E-state index in [9.17, 15) is 0 Å². The van der Waals surface area contributed by atoms with Crippen LogP contribution in [0.2, 0.25) is 5.32 Å². The van der Waals surface area contributed by atoms with E-state index in [1.54, 1.807) is 0 Å². The van der Waals surface area contributed by atoms with Crippen LogP contribution in [0.1, 0.15) is 12.8 Å². The second-order valence-corrected chi connectivity index (χ2v) is 6.05.